The molecule has 0 fully saturated rings. The molecule has 0 amide bonds. The van der Waals surface area contributed by atoms with Gasteiger partial charge in [0.25, 0.3) is 0 Å². The average Bonchev–Trinajstić information content (AvgIpc) is 2.40. The lowest BCUT2D eigenvalue weighted by Gasteiger charge is -2.20. The Labute approximate surface area is 114 Å². The summed E-state index contributed by atoms with van der Waals surface area (Å²) < 4.78 is 0. The van der Waals surface area contributed by atoms with Crippen LogP contribution in [0.25, 0.3) is 0 Å². The smallest absolute Gasteiger partial charge is 0.127 e. The highest BCUT2D eigenvalue weighted by molar-refractivity contribution is 5.38. The van der Waals surface area contributed by atoms with Crippen molar-refractivity contribution >= 4 is 5.82 Å². The maximum absolute atomic E-state index is 5.89. The highest BCUT2D eigenvalue weighted by atomic mass is 15.1. The molecule has 0 aliphatic heterocycles. The third-order valence-corrected chi connectivity index (χ3v) is 3.10. The summed E-state index contributed by atoms with van der Waals surface area (Å²) in [6.45, 7) is 6.73. The molecule has 0 radical (unpaired) electrons. The summed E-state index contributed by atoms with van der Waals surface area (Å²) in [4.78, 5) is 11.0. The number of rotatable bonds is 5. The SMILES string of the molecule is CCN(Cc1cccc(C)n1)Cc1cccnc1N. The van der Waals surface area contributed by atoms with Gasteiger partial charge in [0.05, 0.1) is 5.69 Å². The van der Waals surface area contributed by atoms with Crippen molar-refractivity contribution in [2.45, 2.75) is 26.9 Å². The Morgan fingerprint density at radius 1 is 1.16 bits per heavy atom. The summed E-state index contributed by atoms with van der Waals surface area (Å²) in [7, 11) is 0. The predicted octanol–water partition coefficient (Wildman–Crippen LogP) is 2.39. The number of hydrogen-bond acceptors (Lipinski definition) is 4. The van der Waals surface area contributed by atoms with Crippen LogP contribution in [0, 0.1) is 6.92 Å². The fourth-order valence-electron chi connectivity index (χ4n) is 2.02. The number of aromatic nitrogens is 2. The second-order valence-electron chi connectivity index (χ2n) is 4.62. The Bertz CT molecular complexity index is 539. The average molecular weight is 256 g/mol. The van der Waals surface area contributed by atoms with Gasteiger partial charge in [0.1, 0.15) is 5.82 Å². The van der Waals surface area contributed by atoms with Crippen molar-refractivity contribution in [2.24, 2.45) is 0 Å². The van der Waals surface area contributed by atoms with E-state index in [2.05, 4.69) is 27.9 Å². The van der Waals surface area contributed by atoms with Crippen molar-refractivity contribution in [3.05, 3.63) is 53.5 Å². The topological polar surface area (TPSA) is 55.0 Å². The van der Waals surface area contributed by atoms with Gasteiger partial charge in [-0.1, -0.05) is 19.1 Å². The van der Waals surface area contributed by atoms with Crippen LogP contribution in [0.4, 0.5) is 5.82 Å². The van der Waals surface area contributed by atoms with Gasteiger partial charge in [-0.2, -0.15) is 0 Å². The molecule has 4 heteroatoms. The first-order valence-electron chi connectivity index (χ1n) is 6.53. The normalized spacial score (nSPS) is 10.9. The van der Waals surface area contributed by atoms with Crippen LogP contribution in [-0.2, 0) is 13.1 Å². The first-order chi connectivity index (χ1) is 9.19. The summed E-state index contributed by atoms with van der Waals surface area (Å²) in [5.41, 5.74) is 9.09. The fraction of sp³-hybridized carbons (Fsp3) is 0.333. The Morgan fingerprint density at radius 2 is 2.00 bits per heavy atom. The van der Waals surface area contributed by atoms with Crippen molar-refractivity contribution in [1.29, 1.82) is 0 Å². The molecule has 2 aromatic rings. The van der Waals surface area contributed by atoms with Gasteiger partial charge in [-0.05, 0) is 31.7 Å². The molecule has 0 saturated heterocycles. The van der Waals surface area contributed by atoms with Gasteiger partial charge in [0.15, 0.2) is 0 Å². The van der Waals surface area contributed by atoms with E-state index in [0.717, 1.165) is 36.6 Å². The van der Waals surface area contributed by atoms with Crippen LogP contribution >= 0.6 is 0 Å². The molecular formula is C15H20N4. The zero-order chi connectivity index (χ0) is 13.7. The lowest BCUT2D eigenvalue weighted by Crippen LogP contribution is -2.23. The molecule has 2 heterocycles. The largest absolute Gasteiger partial charge is 0.383 e. The zero-order valence-electron chi connectivity index (χ0n) is 11.5. The van der Waals surface area contributed by atoms with Crippen molar-refractivity contribution < 1.29 is 0 Å². The maximum atomic E-state index is 5.89. The number of hydrogen-bond donors (Lipinski definition) is 1. The third kappa shape index (κ3) is 3.76. The van der Waals surface area contributed by atoms with Gasteiger partial charge in [0, 0.05) is 30.5 Å². The van der Waals surface area contributed by atoms with Crippen molar-refractivity contribution in [3.8, 4) is 0 Å². The minimum Gasteiger partial charge on any atom is -0.383 e. The Kier molecular flexibility index (Phi) is 4.47. The van der Waals surface area contributed by atoms with Gasteiger partial charge in [-0.25, -0.2) is 4.98 Å². The molecule has 0 aliphatic carbocycles. The predicted molar refractivity (Wildman–Crippen MR) is 77.4 cm³/mol. The molecule has 19 heavy (non-hydrogen) atoms. The molecule has 4 nitrogen and oxygen atoms in total. The molecule has 0 unspecified atom stereocenters. The minimum absolute atomic E-state index is 0.609. The van der Waals surface area contributed by atoms with E-state index in [4.69, 9.17) is 5.73 Å². The Balaban J connectivity index is 2.07. The fourth-order valence-corrected chi connectivity index (χ4v) is 2.02. The molecule has 0 spiro atoms. The molecule has 2 aromatic heterocycles. The standard InChI is InChI=1S/C15H20N4/c1-3-19(10-13-7-5-9-17-15(13)16)11-14-8-4-6-12(2)18-14/h4-9H,3,10-11H2,1-2H3,(H2,16,17). The molecule has 2 N–H and O–H groups in total. The lowest BCUT2D eigenvalue weighted by molar-refractivity contribution is 0.268. The summed E-state index contributed by atoms with van der Waals surface area (Å²) in [5, 5.41) is 0. The summed E-state index contributed by atoms with van der Waals surface area (Å²) in [6, 6.07) is 10.1. The van der Waals surface area contributed by atoms with E-state index in [-0.39, 0.29) is 0 Å². The number of anilines is 1. The first-order valence-corrected chi connectivity index (χ1v) is 6.53. The molecule has 100 valence electrons. The van der Waals surface area contributed by atoms with Crippen LogP contribution in [0.1, 0.15) is 23.9 Å². The minimum atomic E-state index is 0.609. The molecule has 2 rings (SSSR count). The molecule has 0 bridgehead atoms. The van der Waals surface area contributed by atoms with Crippen molar-refractivity contribution in [3.63, 3.8) is 0 Å². The third-order valence-electron chi connectivity index (χ3n) is 3.10. The van der Waals surface area contributed by atoms with E-state index in [1.165, 1.54) is 0 Å². The summed E-state index contributed by atoms with van der Waals surface area (Å²) >= 11 is 0. The van der Waals surface area contributed by atoms with Gasteiger partial charge in [0.2, 0.25) is 0 Å². The van der Waals surface area contributed by atoms with E-state index in [1.807, 2.05) is 31.2 Å². The van der Waals surface area contributed by atoms with Crippen LogP contribution in [0.15, 0.2) is 36.5 Å². The first kappa shape index (κ1) is 13.5. The van der Waals surface area contributed by atoms with Crippen LogP contribution < -0.4 is 5.73 Å². The number of nitrogen functional groups attached to an aromatic ring is 1. The maximum Gasteiger partial charge on any atom is 0.127 e. The Hall–Kier alpha value is -1.94. The number of nitrogens with two attached hydrogens (primary N) is 1. The van der Waals surface area contributed by atoms with Crippen LogP contribution in [0.5, 0.6) is 0 Å². The van der Waals surface area contributed by atoms with Gasteiger partial charge in [-0.15, -0.1) is 0 Å². The second kappa shape index (κ2) is 6.29. The second-order valence-corrected chi connectivity index (χ2v) is 4.62. The number of pyridine rings is 2. The van der Waals surface area contributed by atoms with Crippen molar-refractivity contribution in [2.75, 3.05) is 12.3 Å². The molecule has 0 aromatic carbocycles. The van der Waals surface area contributed by atoms with Gasteiger partial charge < -0.3 is 5.73 Å². The van der Waals surface area contributed by atoms with Crippen LogP contribution in [-0.4, -0.2) is 21.4 Å². The highest BCUT2D eigenvalue weighted by Crippen LogP contribution is 2.12. The van der Waals surface area contributed by atoms with Crippen LogP contribution in [0.2, 0.25) is 0 Å². The van der Waals surface area contributed by atoms with Crippen molar-refractivity contribution in [1.82, 2.24) is 14.9 Å². The molecule has 0 atom stereocenters. The molecular weight excluding hydrogens is 236 g/mol. The summed E-state index contributed by atoms with van der Waals surface area (Å²) in [5.74, 6) is 0.609. The number of aryl methyl sites for hydroxylation is 1. The van der Waals surface area contributed by atoms with E-state index in [0.29, 0.717) is 5.82 Å². The van der Waals surface area contributed by atoms with Gasteiger partial charge in [-0.3, -0.25) is 9.88 Å². The quantitative estimate of drug-likeness (QED) is 0.892. The van der Waals surface area contributed by atoms with E-state index >= 15 is 0 Å². The van der Waals surface area contributed by atoms with E-state index in [1.54, 1.807) is 6.20 Å². The molecule has 0 aliphatic rings. The van der Waals surface area contributed by atoms with E-state index in [9.17, 15) is 0 Å². The lowest BCUT2D eigenvalue weighted by atomic mass is 10.2. The number of nitrogens with zero attached hydrogens (tertiary/aromatic N) is 3. The van der Waals surface area contributed by atoms with E-state index < -0.39 is 0 Å². The monoisotopic (exact) mass is 256 g/mol. The van der Waals surface area contributed by atoms with Crippen LogP contribution in [0.3, 0.4) is 0 Å². The van der Waals surface area contributed by atoms with Gasteiger partial charge >= 0.3 is 0 Å². The zero-order valence-corrected chi connectivity index (χ0v) is 11.5. The molecule has 0 saturated carbocycles. The summed E-state index contributed by atoms with van der Waals surface area (Å²) in [6.07, 6.45) is 1.72. The Morgan fingerprint density at radius 3 is 2.68 bits per heavy atom. The highest BCUT2D eigenvalue weighted by Gasteiger charge is 2.08.